The van der Waals surface area contributed by atoms with Crippen LogP contribution in [0.4, 0.5) is 5.69 Å². The maximum absolute atomic E-state index is 12.8. The Hall–Kier alpha value is -3.35. The fourth-order valence-corrected chi connectivity index (χ4v) is 3.60. The number of aromatic nitrogens is 2. The summed E-state index contributed by atoms with van der Waals surface area (Å²) >= 11 is 0. The van der Waals surface area contributed by atoms with Crippen molar-refractivity contribution >= 4 is 22.5 Å². The van der Waals surface area contributed by atoms with E-state index in [-0.39, 0.29) is 18.0 Å². The van der Waals surface area contributed by atoms with Crippen LogP contribution in [-0.2, 0) is 24.2 Å². The first-order valence-corrected chi connectivity index (χ1v) is 9.12. The largest absolute Gasteiger partial charge is 0.493 e. The van der Waals surface area contributed by atoms with Gasteiger partial charge >= 0.3 is 0 Å². The number of amides is 1. The van der Waals surface area contributed by atoms with E-state index in [9.17, 15) is 9.59 Å². The van der Waals surface area contributed by atoms with Gasteiger partial charge in [0.1, 0.15) is 6.54 Å². The third-order valence-corrected chi connectivity index (χ3v) is 5.03. The Morgan fingerprint density at radius 3 is 2.64 bits per heavy atom. The van der Waals surface area contributed by atoms with E-state index in [0.717, 1.165) is 24.9 Å². The lowest BCUT2D eigenvalue weighted by molar-refractivity contribution is -0.116. The lowest BCUT2D eigenvalue weighted by atomic mass is 10.1. The number of fused-ring (bicyclic) bond motifs is 2. The number of carbonyl (C=O) groups excluding carboxylic acids is 1. The van der Waals surface area contributed by atoms with Crippen molar-refractivity contribution in [2.45, 2.75) is 25.8 Å². The Balaban J connectivity index is 1.58. The molecule has 0 spiro atoms. The summed E-state index contributed by atoms with van der Waals surface area (Å²) in [4.78, 5) is 29.5. The van der Waals surface area contributed by atoms with E-state index in [0.29, 0.717) is 22.4 Å². The van der Waals surface area contributed by atoms with E-state index in [1.54, 1.807) is 12.1 Å². The Bertz CT molecular complexity index is 1120. The monoisotopic (exact) mass is 379 g/mol. The van der Waals surface area contributed by atoms with Gasteiger partial charge < -0.3 is 14.8 Å². The first-order chi connectivity index (χ1) is 13.6. The molecule has 0 saturated heterocycles. The average molecular weight is 379 g/mol. The molecular formula is C21H21N3O4. The summed E-state index contributed by atoms with van der Waals surface area (Å²) in [6.45, 7) is -0.118. The molecule has 7 heteroatoms. The van der Waals surface area contributed by atoms with Crippen molar-refractivity contribution in [3.05, 3.63) is 58.1 Å². The molecule has 0 fully saturated rings. The Kier molecular flexibility index (Phi) is 4.73. The van der Waals surface area contributed by atoms with Crippen LogP contribution in [0, 0.1) is 0 Å². The fraction of sp³-hybridized carbons (Fsp3) is 0.286. The number of ether oxygens (including phenoxy) is 2. The highest BCUT2D eigenvalue weighted by Crippen LogP contribution is 2.29. The normalized spacial score (nSPS) is 12.6. The Morgan fingerprint density at radius 1 is 1.11 bits per heavy atom. The van der Waals surface area contributed by atoms with Crippen LogP contribution < -0.4 is 20.3 Å². The lowest BCUT2D eigenvalue weighted by Crippen LogP contribution is -2.28. The number of hydrogen-bond donors (Lipinski definition) is 1. The van der Waals surface area contributed by atoms with Gasteiger partial charge in [-0.15, -0.1) is 0 Å². The molecule has 7 nitrogen and oxygen atoms in total. The fourth-order valence-electron chi connectivity index (χ4n) is 3.60. The summed E-state index contributed by atoms with van der Waals surface area (Å²) in [5, 5.41) is 3.23. The zero-order valence-electron chi connectivity index (χ0n) is 15.8. The predicted molar refractivity (Wildman–Crippen MR) is 106 cm³/mol. The molecule has 0 radical (unpaired) electrons. The number of rotatable bonds is 5. The van der Waals surface area contributed by atoms with Gasteiger partial charge in [-0.05, 0) is 48.6 Å². The molecule has 1 aliphatic carbocycles. The Labute approximate surface area is 161 Å². The molecule has 3 aromatic rings. The molecule has 2 aromatic carbocycles. The molecule has 1 N–H and O–H groups in total. The van der Waals surface area contributed by atoms with Crippen LogP contribution in [0.5, 0.6) is 11.5 Å². The molecule has 0 aliphatic heterocycles. The molecular weight excluding hydrogens is 358 g/mol. The molecule has 1 aliphatic rings. The van der Waals surface area contributed by atoms with Crippen molar-refractivity contribution < 1.29 is 14.3 Å². The number of benzene rings is 2. The summed E-state index contributed by atoms with van der Waals surface area (Å²) < 4.78 is 11.8. The van der Waals surface area contributed by atoms with Crippen LogP contribution in [-0.4, -0.2) is 29.7 Å². The smallest absolute Gasteiger partial charge is 0.261 e. The zero-order valence-corrected chi connectivity index (χ0v) is 15.8. The molecule has 1 aromatic heterocycles. The van der Waals surface area contributed by atoms with E-state index in [1.165, 1.54) is 36.2 Å². The van der Waals surface area contributed by atoms with Gasteiger partial charge in [0.25, 0.3) is 5.56 Å². The quantitative estimate of drug-likeness (QED) is 0.737. The zero-order chi connectivity index (χ0) is 19.7. The summed E-state index contributed by atoms with van der Waals surface area (Å²) in [6, 6.07) is 9.20. The third kappa shape index (κ3) is 3.31. The van der Waals surface area contributed by atoms with Crippen LogP contribution in [0.3, 0.4) is 0 Å². The summed E-state index contributed by atoms with van der Waals surface area (Å²) in [7, 11) is 3.02. The number of aryl methyl sites for hydroxylation is 2. The van der Waals surface area contributed by atoms with Gasteiger partial charge in [0.05, 0.1) is 31.4 Å². The van der Waals surface area contributed by atoms with Crippen molar-refractivity contribution in [3.8, 4) is 11.5 Å². The van der Waals surface area contributed by atoms with Gasteiger partial charge in [-0.25, -0.2) is 4.98 Å². The minimum atomic E-state index is -0.310. The third-order valence-electron chi connectivity index (χ3n) is 5.03. The summed E-state index contributed by atoms with van der Waals surface area (Å²) in [6.07, 6.45) is 4.66. The van der Waals surface area contributed by atoms with Crippen LogP contribution >= 0.6 is 0 Å². The predicted octanol–water partition coefficient (Wildman–Crippen LogP) is 2.54. The average Bonchev–Trinajstić information content (AvgIpc) is 3.17. The standard InChI is InChI=1S/C21H21N3O4/c1-27-18-9-16-17(10-19(18)28-2)22-12-24(21(16)26)11-20(25)23-15-7-6-13-4-3-5-14(13)8-15/h6-10,12H,3-5,11H2,1-2H3,(H,23,25). The molecule has 0 atom stereocenters. The lowest BCUT2D eigenvalue weighted by Gasteiger charge is -2.11. The summed E-state index contributed by atoms with van der Waals surface area (Å²) in [5.74, 6) is 0.657. The number of anilines is 1. The first-order valence-electron chi connectivity index (χ1n) is 9.12. The molecule has 1 amide bonds. The number of methoxy groups -OCH3 is 2. The van der Waals surface area contributed by atoms with Crippen LogP contribution in [0.25, 0.3) is 10.9 Å². The van der Waals surface area contributed by atoms with Gasteiger partial charge in [-0.3, -0.25) is 14.2 Å². The van der Waals surface area contributed by atoms with Gasteiger partial charge in [0.2, 0.25) is 5.91 Å². The maximum atomic E-state index is 12.8. The maximum Gasteiger partial charge on any atom is 0.261 e. The van der Waals surface area contributed by atoms with Crippen LogP contribution in [0.1, 0.15) is 17.5 Å². The molecule has 0 unspecified atom stereocenters. The van der Waals surface area contributed by atoms with E-state index in [4.69, 9.17) is 9.47 Å². The highest BCUT2D eigenvalue weighted by Gasteiger charge is 2.14. The van der Waals surface area contributed by atoms with E-state index in [1.807, 2.05) is 12.1 Å². The number of carbonyl (C=O) groups is 1. The SMILES string of the molecule is COc1cc2ncn(CC(=O)Nc3ccc4c(c3)CCC4)c(=O)c2cc1OC. The second-order valence-electron chi connectivity index (χ2n) is 6.79. The Morgan fingerprint density at radius 2 is 1.86 bits per heavy atom. The van der Waals surface area contributed by atoms with Crippen LogP contribution in [0.2, 0.25) is 0 Å². The van der Waals surface area contributed by atoms with Gasteiger partial charge in [-0.2, -0.15) is 0 Å². The topological polar surface area (TPSA) is 82.5 Å². The number of hydrogen-bond acceptors (Lipinski definition) is 5. The molecule has 1 heterocycles. The molecule has 0 saturated carbocycles. The molecule has 4 rings (SSSR count). The molecule has 0 bridgehead atoms. The van der Waals surface area contributed by atoms with Gasteiger partial charge in [0.15, 0.2) is 11.5 Å². The highest BCUT2D eigenvalue weighted by atomic mass is 16.5. The van der Waals surface area contributed by atoms with Gasteiger partial charge in [-0.1, -0.05) is 6.07 Å². The molecule has 144 valence electrons. The van der Waals surface area contributed by atoms with Crippen molar-refractivity contribution in [2.75, 3.05) is 19.5 Å². The minimum Gasteiger partial charge on any atom is -0.493 e. The van der Waals surface area contributed by atoms with Crippen molar-refractivity contribution in [2.24, 2.45) is 0 Å². The highest BCUT2D eigenvalue weighted by molar-refractivity contribution is 5.91. The second-order valence-corrected chi connectivity index (χ2v) is 6.79. The van der Waals surface area contributed by atoms with Crippen LogP contribution in [0.15, 0.2) is 41.5 Å². The second kappa shape index (κ2) is 7.34. The number of nitrogens with one attached hydrogen (secondary N) is 1. The van der Waals surface area contributed by atoms with Gasteiger partial charge in [0, 0.05) is 11.8 Å². The van der Waals surface area contributed by atoms with E-state index in [2.05, 4.69) is 16.4 Å². The van der Waals surface area contributed by atoms with E-state index < -0.39 is 0 Å². The first kappa shape index (κ1) is 18.0. The van der Waals surface area contributed by atoms with Crippen molar-refractivity contribution in [3.63, 3.8) is 0 Å². The minimum absolute atomic E-state index is 0.118. The number of nitrogens with zero attached hydrogens (tertiary/aromatic N) is 2. The van der Waals surface area contributed by atoms with Crippen molar-refractivity contribution in [1.29, 1.82) is 0 Å². The summed E-state index contributed by atoms with van der Waals surface area (Å²) in [5.41, 5.74) is 3.55. The molecule has 28 heavy (non-hydrogen) atoms. The van der Waals surface area contributed by atoms with Crippen molar-refractivity contribution in [1.82, 2.24) is 9.55 Å². The van der Waals surface area contributed by atoms with E-state index >= 15 is 0 Å².